The molecule has 0 aliphatic heterocycles. The van der Waals surface area contributed by atoms with E-state index in [1.165, 1.54) is 16.3 Å². The number of carbonyl (C=O) groups is 1. The van der Waals surface area contributed by atoms with E-state index < -0.39 is 0 Å². The molecule has 1 aromatic carbocycles. The van der Waals surface area contributed by atoms with E-state index in [1.54, 1.807) is 24.3 Å². The number of H-pyrrole nitrogens is 1. The Morgan fingerprint density at radius 1 is 1.17 bits per heavy atom. The van der Waals surface area contributed by atoms with Gasteiger partial charge in [0.15, 0.2) is 0 Å². The topological polar surface area (TPSA) is 92.7 Å². The summed E-state index contributed by atoms with van der Waals surface area (Å²) in [7, 11) is 0. The van der Waals surface area contributed by atoms with E-state index in [0.717, 1.165) is 17.7 Å². The summed E-state index contributed by atoms with van der Waals surface area (Å²) in [4.78, 5) is 32.5. The van der Waals surface area contributed by atoms with Crippen LogP contribution in [0.3, 0.4) is 0 Å². The van der Waals surface area contributed by atoms with E-state index in [2.05, 4.69) is 32.5 Å². The first-order valence-electron chi connectivity index (χ1n) is 9.64. The zero-order valence-electron chi connectivity index (χ0n) is 16.5. The van der Waals surface area contributed by atoms with E-state index in [0.29, 0.717) is 23.6 Å². The summed E-state index contributed by atoms with van der Waals surface area (Å²) in [6, 6.07) is 17.2. The van der Waals surface area contributed by atoms with Crippen LogP contribution in [-0.2, 0) is 11.2 Å². The normalized spacial score (nSPS) is 10.8. The van der Waals surface area contributed by atoms with Crippen LogP contribution in [0.25, 0.3) is 16.5 Å². The van der Waals surface area contributed by atoms with Crippen LogP contribution in [0.1, 0.15) is 24.1 Å². The lowest BCUT2D eigenvalue weighted by atomic mass is 10.1. The molecule has 0 radical (unpaired) electrons. The number of benzene rings is 1. The third-order valence-electron chi connectivity index (χ3n) is 4.52. The predicted molar refractivity (Wildman–Crippen MR) is 118 cm³/mol. The fourth-order valence-electron chi connectivity index (χ4n) is 3.14. The van der Waals surface area contributed by atoms with Gasteiger partial charge in [-0.15, -0.1) is 11.3 Å². The van der Waals surface area contributed by atoms with Crippen LogP contribution in [0.4, 0.5) is 5.82 Å². The summed E-state index contributed by atoms with van der Waals surface area (Å²) in [5, 5.41) is 9.45. The minimum atomic E-state index is -0.272. The summed E-state index contributed by atoms with van der Waals surface area (Å²) >= 11 is 1.55. The van der Waals surface area contributed by atoms with Crippen molar-refractivity contribution >= 4 is 23.1 Å². The van der Waals surface area contributed by atoms with Gasteiger partial charge in [0.05, 0.1) is 4.88 Å². The number of anilines is 1. The van der Waals surface area contributed by atoms with E-state index in [9.17, 15) is 9.59 Å². The Kier molecular flexibility index (Phi) is 5.85. The first kappa shape index (κ1) is 19.8. The molecule has 3 heterocycles. The monoisotopic (exact) mass is 419 g/mol. The van der Waals surface area contributed by atoms with Gasteiger partial charge in [-0.3, -0.25) is 14.6 Å². The van der Waals surface area contributed by atoms with Gasteiger partial charge in [0.25, 0.3) is 5.56 Å². The predicted octanol–water partition coefficient (Wildman–Crippen LogP) is 3.95. The van der Waals surface area contributed by atoms with Gasteiger partial charge in [0.2, 0.25) is 11.9 Å². The molecule has 0 aliphatic rings. The zero-order valence-corrected chi connectivity index (χ0v) is 17.3. The fourth-order valence-corrected chi connectivity index (χ4v) is 3.82. The van der Waals surface area contributed by atoms with Crippen molar-refractivity contribution in [1.82, 2.24) is 19.7 Å². The molecule has 3 aromatic heterocycles. The van der Waals surface area contributed by atoms with Crippen molar-refractivity contribution in [3.05, 3.63) is 81.6 Å². The molecule has 0 saturated heterocycles. The summed E-state index contributed by atoms with van der Waals surface area (Å²) in [5.41, 5.74) is 2.21. The summed E-state index contributed by atoms with van der Waals surface area (Å²) < 4.78 is 1.47. The van der Waals surface area contributed by atoms with Gasteiger partial charge in [-0.25, -0.2) is 4.98 Å². The van der Waals surface area contributed by atoms with Crippen molar-refractivity contribution < 1.29 is 4.79 Å². The van der Waals surface area contributed by atoms with Crippen LogP contribution in [0, 0.1) is 6.92 Å². The molecule has 8 heteroatoms. The quantitative estimate of drug-likeness (QED) is 0.474. The van der Waals surface area contributed by atoms with Gasteiger partial charge in [0, 0.05) is 24.2 Å². The number of nitrogens with one attached hydrogen (secondary N) is 2. The number of amides is 1. The highest BCUT2D eigenvalue weighted by molar-refractivity contribution is 7.13. The third-order valence-corrected chi connectivity index (χ3v) is 5.41. The van der Waals surface area contributed by atoms with Crippen LogP contribution in [-0.4, -0.2) is 25.7 Å². The number of aromatic amines is 1. The molecule has 1 amide bonds. The number of hydrogen-bond donors (Lipinski definition) is 2. The number of carbonyl (C=O) groups excluding carboxylic acids is 1. The van der Waals surface area contributed by atoms with Crippen LogP contribution < -0.4 is 10.9 Å². The first-order chi connectivity index (χ1) is 14.6. The van der Waals surface area contributed by atoms with E-state index in [1.807, 2.05) is 35.7 Å². The van der Waals surface area contributed by atoms with Crippen molar-refractivity contribution in [3.8, 4) is 16.5 Å². The van der Waals surface area contributed by atoms with Crippen LogP contribution in [0.15, 0.2) is 64.8 Å². The molecule has 0 atom stereocenters. The molecule has 4 aromatic rings. The summed E-state index contributed by atoms with van der Waals surface area (Å²) in [6.07, 6.45) is 1.95. The minimum Gasteiger partial charge on any atom is -0.310 e. The van der Waals surface area contributed by atoms with Crippen molar-refractivity contribution in [2.24, 2.45) is 0 Å². The Morgan fingerprint density at radius 2 is 2.00 bits per heavy atom. The van der Waals surface area contributed by atoms with Crippen LogP contribution in [0.2, 0.25) is 0 Å². The second-order valence-electron chi connectivity index (χ2n) is 6.90. The molecule has 7 nitrogen and oxygen atoms in total. The first-order valence-corrected chi connectivity index (χ1v) is 10.5. The molecule has 0 bridgehead atoms. The summed E-state index contributed by atoms with van der Waals surface area (Å²) in [6.45, 7) is 1.74. The average molecular weight is 420 g/mol. The average Bonchev–Trinajstić information content (AvgIpc) is 3.38. The largest absolute Gasteiger partial charge is 0.310 e. The molecular formula is C22H21N5O2S. The molecule has 30 heavy (non-hydrogen) atoms. The number of aryl methyl sites for hydroxylation is 2. The molecule has 0 fully saturated rings. The maximum absolute atomic E-state index is 12.6. The summed E-state index contributed by atoms with van der Waals surface area (Å²) in [5.74, 6) is 0.624. The highest BCUT2D eigenvalue weighted by atomic mass is 32.1. The minimum absolute atomic E-state index is 0.111. The number of aromatic nitrogens is 4. The van der Waals surface area contributed by atoms with Crippen molar-refractivity contribution in [3.63, 3.8) is 0 Å². The Labute approximate surface area is 177 Å². The molecule has 2 N–H and O–H groups in total. The van der Waals surface area contributed by atoms with E-state index in [-0.39, 0.29) is 17.4 Å². The van der Waals surface area contributed by atoms with Crippen LogP contribution >= 0.6 is 11.3 Å². The van der Waals surface area contributed by atoms with Crippen molar-refractivity contribution in [2.75, 3.05) is 5.32 Å². The second-order valence-corrected chi connectivity index (χ2v) is 7.85. The number of rotatable bonds is 7. The Bertz CT molecular complexity index is 1200. The smallest absolute Gasteiger partial charge is 0.252 e. The highest BCUT2D eigenvalue weighted by Gasteiger charge is 2.16. The molecule has 0 unspecified atom stereocenters. The Morgan fingerprint density at radius 3 is 2.73 bits per heavy atom. The zero-order chi connectivity index (χ0) is 20.9. The van der Waals surface area contributed by atoms with E-state index >= 15 is 0 Å². The Balaban J connectivity index is 1.55. The van der Waals surface area contributed by atoms with Gasteiger partial charge in [-0.05, 0) is 36.8 Å². The van der Waals surface area contributed by atoms with Crippen molar-refractivity contribution in [2.45, 2.75) is 26.2 Å². The fraction of sp³-hybridized carbons (Fsp3) is 0.182. The van der Waals surface area contributed by atoms with Gasteiger partial charge in [0.1, 0.15) is 11.5 Å². The SMILES string of the molecule is Cc1cc(=O)[nH]c(-n2nc(-c3cccs3)cc2NC(=O)CCCc2ccccc2)n1. The maximum atomic E-state index is 12.6. The van der Waals surface area contributed by atoms with Crippen LogP contribution in [0.5, 0.6) is 0 Å². The van der Waals surface area contributed by atoms with Gasteiger partial charge in [-0.1, -0.05) is 36.4 Å². The lowest BCUT2D eigenvalue weighted by Gasteiger charge is -2.08. The lowest BCUT2D eigenvalue weighted by Crippen LogP contribution is -2.18. The maximum Gasteiger partial charge on any atom is 0.252 e. The van der Waals surface area contributed by atoms with Gasteiger partial charge >= 0.3 is 0 Å². The Hall–Kier alpha value is -3.52. The highest BCUT2D eigenvalue weighted by Crippen LogP contribution is 2.27. The molecule has 0 aliphatic carbocycles. The molecule has 0 saturated carbocycles. The van der Waals surface area contributed by atoms with Crippen molar-refractivity contribution in [1.29, 1.82) is 0 Å². The van der Waals surface area contributed by atoms with E-state index in [4.69, 9.17) is 0 Å². The van der Waals surface area contributed by atoms with Gasteiger partial charge in [-0.2, -0.15) is 9.78 Å². The number of thiophene rings is 1. The standard InChI is InChI=1S/C22H21N5O2S/c1-15-13-21(29)25-22(23-15)27-19(14-17(26-27)18-10-6-12-30-18)24-20(28)11-5-9-16-7-3-2-4-8-16/h2-4,6-8,10,12-14H,5,9,11H2,1H3,(H,24,28)(H,23,25,29). The number of nitrogens with zero attached hydrogens (tertiary/aromatic N) is 3. The number of hydrogen-bond acceptors (Lipinski definition) is 5. The third kappa shape index (κ3) is 4.72. The molecular weight excluding hydrogens is 398 g/mol. The van der Waals surface area contributed by atoms with Gasteiger partial charge < -0.3 is 5.32 Å². The molecule has 4 rings (SSSR count). The molecule has 152 valence electrons. The molecule has 0 spiro atoms. The lowest BCUT2D eigenvalue weighted by molar-refractivity contribution is -0.116. The second kappa shape index (κ2) is 8.87.